The topological polar surface area (TPSA) is 69.3 Å². The van der Waals surface area contributed by atoms with Crippen molar-refractivity contribution in [3.05, 3.63) is 46.5 Å². The van der Waals surface area contributed by atoms with Crippen molar-refractivity contribution in [3.8, 4) is 6.07 Å². The lowest BCUT2D eigenvalue weighted by molar-refractivity contribution is -0.124. The third-order valence-electron chi connectivity index (χ3n) is 4.07. The fourth-order valence-corrected chi connectivity index (χ4v) is 2.99. The first-order chi connectivity index (χ1) is 11.4. The van der Waals surface area contributed by atoms with E-state index in [0.717, 1.165) is 5.76 Å². The molecule has 1 atom stereocenters. The molecule has 0 radical (unpaired) electrons. The zero-order valence-electron chi connectivity index (χ0n) is 14.3. The van der Waals surface area contributed by atoms with E-state index in [4.69, 9.17) is 4.42 Å². The lowest BCUT2D eigenvalue weighted by atomic mass is 9.90. The summed E-state index contributed by atoms with van der Waals surface area (Å²) in [6, 6.07) is 9.98. The van der Waals surface area contributed by atoms with Crippen molar-refractivity contribution in [2.24, 2.45) is 5.92 Å². The average molecular weight is 345 g/mol. The summed E-state index contributed by atoms with van der Waals surface area (Å²) in [6.45, 7) is 7.03. The SMILES string of the molecule is CC(C)[C@@](C)(C#N)NC(=O)CN(Cc1ccco1)Cc1cccs1. The molecule has 0 unspecified atom stereocenters. The van der Waals surface area contributed by atoms with Gasteiger partial charge in [-0.1, -0.05) is 19.9 Å². The lowest BCUT2D eigenvalue weighted by Crippen LogP contribution is -2.51. The van der Waals surface area contributed by atoms with E-state index >= 15 is 0 Å². The number of hydrogen-bond donors (Lipinski definition) is 1. The van der Waals surface area contributed by atoms with Gasteiger partial charge in [-0.15, -0.1) is 11.3 Å². The minimum absolute atomic E-state index is 0.0299. The van der Waals surface area contributed by atoms with E-state index in [1.54, 1.807) is 24.5 Å². The van der Waals surface area contributed by atoms with Crippen LogP contribution in [0.3, 0.4) is 0 Å². The second kappa shape index (κ2) is 8.13. The predicted molar refractivity (Wildman–Crippen MR) is 94.1 cm³/mol. The molecule has 0 fully saturated rings. The zero-order chi connectivity index (χ0) is 17.6. The van der Waals surface area contributed by atoms with Crippen LogP contribution in [-0.4, -0.2) is 22.9 Å². The molecule has 1 N–H and O–H groups in total. The molecule has 0 saturated carbocycles. The summed E-state index contributed by atoms with van der Waals surface area (Å²) in [5, 5.41) is 14.2. The molecule has 0 spiro atoms. The highest BCUT2D eigenvalue weighted by atomic mass is 32.1. The molecule has 0 aromatic carbocycles. The van der Waals surface area contributed by atoms with Crippen LogP contribution in [0.1, 0.15) is 31.4 Å². The molecule has 0 aliphatic heterocycles. The standard InChI is InChI=1S/C18H23N3O2S/c1-14(2)18(3,13-19)20-17(22)12-21(10-15-6-4-8-23-15)11-16-7-5-9-24-16/h4-9,14H,10-12H2,1-3H3,(H,20,22)/t18-/m1/s1. The van der Waals surface area contributed by atoms with Gasteiger partial charge in [0.15, 0.2) is 0 Å². The summed E-state index contributed by atoms with van der Waals surface area (Å²) in [4.78, 5) is 15.7. The number of thiophene rings is 1. The Morgan fingerprint density at radius 2 is 2.21 bits per heavy atom. The van der Waals surface area contributed by atoms with Crippen LogP contribution >= 0.6 is 11.3 Å². The molecule has 0 aliphatic carbocycles. The highest BCUT2D eigenvalue weighted by Gasteiger charge is 2.30. The fourth-order valence-electron chi connectivity index (χ4n) is 2.25. The van der Waals surface area contributed by atoms with Gasteiger partial charge in [0.05, 0.1) is 25.4 Å². The van der Waals surface area contributed by atoms with E-state index in [-0.39, 0.29) is 18.4 Å². The van der Waals surface area contributed by atoms with Crippen LogP contribution in [-0.2, 0) is 17.9 Å². The number of furan rings is 1. The second-order valence-corrected chi connectivity index (χ2v) is 7.35. The Kier molecular flexibility index (Phi) is 6.18. The van der Waals surface area contributed by atoms with Crippen molar-refractivity contribution in [1.82, 2.24) is 10.2 Å². The van der Waals surface area contributed by atoms with Gasteiger partial charge in [-0.05, 0) is 36.4 Å². The van der Waals surface area contributed by atoms with Crippen molar-refractivity contribution in [1.29, 1.82) is 5.26 Å². The van der Waals surface area contributed by atoms with E-state index in [1.807, 2.05) is 48.4 Å². The Morgan fingerprint density at radius 1 is 1.42 bits per heavy atom. The van der Waals surface area contributed by atoms with Crippen LogP contribution < -0.4 is 5.32 Å². The van der Waals surface area contributed by atoms with Crippen molar-refractivity contribution in [2.75, 3.05) is 6.54 Å². The van der Waals surface area contributed by atoms with Gasteiger partial charge in [-0.25, -0.2) is 0 Å². The van der Waals surface area contributed by atoms with Gasteiger partial charge in [-0.3, -0.25) is 9.69 Å². The molecule has 2 heterocycles. The highest BCUT2D eigenvalue weighted by Crippen LogP contribution is 2.17. The summed E-state index contributed by atoms with van der Waals surface area (Å²) in [7, 11) is 0. The molecule has 2 rings (SSSR count). The number of nitriles is 1. The molecule has 5 nitrogen and oxygen atoms in total. The molecular formula is C18H23N3O2S. The number of nitrogens with one attached hydrogen (secondary N) is 1. The molecule has 24 heavy (non-hydrogen) atoms. The van der Waals surface area contributed by atoms with Gasteiger partial charge in [0.1, 0.15) is 11.3 Å². The minimum atomic E-state index is -0.865. The van der Waals surface area contributed by atoms with Crippen molar-refractivity contribution < 1.29 is 9.21 Å². The molecular weight excluding hydrogens is 322 g/mol. The maximum absolute atomic E-state index is 12.5. The fraction of sp³-hybridized carbons (Fsp3) is 0.444. The van der Waals surface area contributed by atoms with Crippen LogP contribution in [0.2, 0.25) is 0 Å². The van der Waals surface area contributed by atoms with Crippen LogP contribution in [0.25, 0.3) is 0 Å². The lowest BCUT2D eigenvalue weighted by Gasteiger charge is -2.29. The monoisotopic (exact) mass is 345 g/mol. The molecule has 128 valence electrons. The molecule has 0 aliphatic rings. The van der Waals surface area contributed by atoms with E-state index in [1.165, 1.54) is 4.88 Å². The number of carbonyl (C=O) groups excluding carboxylic acids is 1. The van der Waals surface area contributed by atoms with Crippen molar-refractivity contribution in [3.63, 3.8) is 0 Å². The summed E-state index contributed by atoms with van der Waals surface area (Å²) in [6.07, 6.45) is 1.63. The Bertz CT molecular complexity index is 637. The van der Waals surface area contributed by atoms with Gasteiger partial charge < -0.3 is 9.73 Å². The third kappa shape index (κ3) is 4.95. The Labute approximate surface area is 146 Å². The Hall–Kier alpha value is -2.10. The summed E-state index contributed by atoms with van der Waals surface area (Å²) in [5.41, 5.74) is -0.865. The zero-order valence-corrected chi connectivity index (χ0v) is 15.1. The second-order valence-electron chi connectivity index (χ2n) is 6.32. The predicted octanol–water partition coefficient (Wildman–Crippen LogP) is 3.40. The van der Waals surface area contributed by atoms with E-state index < -0.39 is 5.54 Å². The van der Waals surface area contributed by atoms with Crippen LogP contribution in [0, 0.1) is 17.2 Å². The summed E-state index contributed by atoms with van der Waals surface area (Å²) in [5.74, 6) is 0.685. The molecule has 0 bridgehead atoms. The first-order valence-corrected chi connectivity index (χ1v) is 8.80. The van der Waals surface area contributed by atoms with Crippen LogP contribution in [0.5, 0.6) is 0 Å². The number of carbonyl (C=O) groups is 1. The van der Waals surface area contributed by atoms with E-state index in [9.17, 15) is 10.1 Å². The molecule has 0 saturated heterocycles. The van der Waals surface area contributed by atoms with Crippen molar-refractivity contribution >= 4 is 17.2 Å². The minimum Gasteiger partial charge on any atom is -0.468 e. The first kappa shape index (κ1) is 18.2. The van der Waals surface area contributed by atoms with Gasteiger partial charge in [0, 0.05) is 11.4 Å². The smallest absolute Gasteiger partial charge is 0.235 e. The summed E-state index contributed by atoms with van der Waals surface area (Å²) >= 11 is 1.66. The third-order valence-corrected chi connectivity index (χ3v) is 4.93. The van der Waals surface area contributed by atoms with Gasteiger partial charge in [0.2, 0.25) is 5.91 Å². The Morgan fingerprint density at radius 3 is 2.75 bits per heavy atom. The number of nitrogens with zero attached hydrogens (tertiary/aromatic N) is 2. The largest absolute Gasteiger partial charge is 0.468 e. The average Bonchev–Trinajstić information content (AvgIpc) is 3.20. The number of hydrogen-bond acceptors (Lipinski definition) is 5. The van der Waals surface area contributed by atoms with Crippen LogP contribution in [0.4, 0.5) is 0 Å². The quantitative estimate of drug-likeness (QED) is 0.796. The van der Waals surface area contributed by atoms with E-state index in [2.05, 4.69) is 11.4 Å². The summed E-state index contributed by atoms with van der Waals surface area (Å²) < 4.78 is 5.40. The van der Waals surface area contributed by atoms with Gasteiger partial charge >= 0.3 is 0 Å². The molecule has 2 aromatic heterocycles. The molecule has 2 aromatic rings. The highest BCUT2D eigenvalue weighted by molar-refractivity contribution is 7.09. The maximum atomic E-state index is 12.5. The Balaban J connectivity index is 2.04. The first-order valence-electron chi connectivity index (χ1n) is 7.92. The molecule has 6 heteroatoms. The van der Waals surface area contributed by atoms with Crippen molar-refractivity contribution in [2.45, 2.75) is 39.4 Å². The maximum Gasteiger partial charge on any atom is 0.235 e. The number of amides is 1. The van der Waals surface area contributed by atoms with Gasteiger partial charge in [-0.2, -0.15) is 5.26 Å². The normalized spacial score (nSPS) is 13.7. The van der Waals surface area contributed by atoms with Gasteiger partial charge in [0.25, 0.3) is 0 Å². The van der Waals surface area contributed by atoms with Crippen LogP contribution in [0.15, 0.2) is 40.3 Å². The van der Waals surface area contributed by atoms with E-state index in [0.29, 0.717) is 13.1 Å². The number of rotatable bonds is 8. The molecule has 1 amide bonds.